The van der Waals surface area contributed by atoms with Crippen LogP contribution in [0.3, 0.4) is 0 Å². The molecule has 112 valence electrons. The number of hydrogen-bond donors (Lipinski definition) is 1. The van der Waals surface area contributed by atoms with E-state index in [-0.39, 0.29) is 12.4 Å². The quantitative estimate of drug-likeness (QED) is 0.808. The van der Waals surface area contributed by atoms with Crippen molar-refractivity contribution < 1.29 is 9.50 Å². The molecule has 22 heavy (non-hydrogen) atoms. The van der Waals surface area contributed by atoms with Crippen LogP contribution in [0.1, 0.15) is 16.8 Å². The van der Waals surface area contributed by atoms with Crippen LogP contribution in [0, 0.1) is 19.7 Å². The molecule has 0 aliphatic rings. The van der Waals surface area contributed by atoms with Crippen LogP contribution in [0.2, 0.25) is 0 Å². The van der Waals surface area contributed by atoms with E-state index >= 15 is 0 Å². The molecule has 0 amide bonds. The zero-order valence-corrected chi connectivity index (χ0v) is 12.4. The van der Waals surface area contributed by atoms with Gasteiger partial charge in [-0.15, -0.1) is 5.10 Å². The number of halogens is 1. The van der Waals surface area contributed by atoms with Gasteiger partial charge in [-0.05, 0) is 49.2 Å². The van der Waals surface area contributed by atoms with Crippen molar-refractivity contribution in [1.29, 1.82) is 0 Å². The molecule has 0 aliphatic carbocycles. The van der Waals surface area contributed by atoms with E-state index in [1.807, 2.05) is 26.0 Å². The average Bonchev–Trinajstić information content (AvgIpc) is 2.90. The van der Waals surface area contributed by atoms with Crippen molar-refractivity contribution in [2.24, 2.45) is 0 Å². The minimum atomic E-state index is -0.370. The molecule has 0 saturated carbocycles. The Kier molecular flexibility index (Phi) is 3.73. The zero-order chi connectivity index (χ0) is 15.7. The number of aryl methyl sites for hydroxylation is 2. The number of aliphatic hydroxyl groups is 1. The number of benzene rings is 2. The lowest BCUT2D eigenvalue weighted by Crippen LogP contribution is -2.02. The summed E-state index contributed by atoms with van der Waals surface area (Å²) in [4.78, 5) is 0. The molecular formula is C17H16FN3O. The summed E-state index contributed by atoms with van der Waals surface area (Å²) in [5.41, 5.74) is 4.15. The van der Waals surface area contributed by atoms with E-state index in [4.69, 9.17) is 0 Å². The van der Waals surface area contributed by atoms with E-state index < -0.39 is 0 Å². The highest BCUT2D eigenvalue weighted by molar-refractivity contribution is 5.65. The Morgan fingerprint density at radius 2 is 1.77 bits per heavy atom. The second kappa shape index (κ2) is 5.69. The monoisotopic (exact) mass is 297 g/mol. The summed E-state index contributed by atoms with van der Waals surface area (Å²) in [7, 11) is 0. The SMILES string of the molecule is Cc1cc(C)cc(-n2nnc(CO)c2-c2ccccc2F)c1. The van der Waals surface area contributed by atoms with E-state index in [1.54, 1.807) is 22.9 Å². The standard InChI is InChI=1S/C17H16FN3O/c1-11-7-12(2)9-13(8-11)21-17(16(10-22)19-20-21)14-5-3-4-6-15(14)18/h3-9,22H,10H2,1-2H3. The number of aliphatic hydroxyl groups excluding tert-OH is 1. The molecule has 0 spiro atoms. The van der Waals surface area contributed by atoms with Gasteiger partial charge in [0, 0.05) is 5.56 Å². The molecule has 5 heteroatoms. The molecule has 0 saturated heterocycles. The first-order valence-electron chi connectivity index (χ1n) is 6.99. The molecule has 0 bridgehead atoms. The molecule has 0 aliphatic heterocycles. The Hall–Kier alpha value is -2.53. The summed E-state index contributed by atoms with van der Waals surface area (Å²) < 4.78 is 15.7. The minimum Gasteiger partial charge on any atom is -0.390 e. The lowest BCUT2D eigenvalue weighted by molar-refractivity contribution is 0.277. The van der Waals surface area contributed by atoms with Gasteiger partial charge >= 0.3 is 0 Å². The topological polar surface area (TPSA) is 50.9 Å². The lowest BCUT2D eigenvalue weighted by Gasteiger charge is -2.10. The predicted octanol–water partition coefficient (Wildman–Crippen LogP) is 3.18. The van der Waals surface area contributed by atoms with Crippen LogP contribution in [0.25, 0.3) is 16.9 Å². The maximum absolute atomic E-state index is 14.2. The highest BCUT2D eigenvalue weighted by Gasteiger charge is 2.18. The van der Waals surface area contributed by atoms with E-state index in [0.717, 1.165) is 16.8 Å². The van der Waals surface area contributed by atoms with Gasteiger partial charge in [0.15, 0.2) is 0 Å². The summed E-state index contributed by atoms with van der Waals surface area (Å²) in [5.74, 6) is -0.370. The molecule has 1 aromatic heterocycles. The van der Waals surface area contributed by atoms with Crippen LogP contribution in [0.5, 0.6) is 0 Å². The Balaban J connectivity index is 2.26. The second-order valence-corrected chi connectivity index (χ2v) is 5.28. The van der Waals surface area contributed by atoms with E-state index in [0.29, 0.717) is 17.0 Å². The summed E-state index contributed by atoms with van der Waals surface area (Å²) in [5, 5.41) is 17.6. The van der Waals surface area contributed by atoms with Gasteiger partial charge < -0.3 is 5.11 Å². The molecule has 1 heterocycles. The fourth-order valence-electron chi connectivity index (χ4n) is 2.60. The Morgan fingerprint density at radius 1 is 1.09 bits per heavy atom. The summed E-state index contributed by atoms with van der Waals surface area (Å²) in [6.45, 7) is 3.68. The maximum Gasteiger partial charge on any atom is 0.132 e. The van der Waals surface area contributed by atoms with Gasteiger partial charge in [-0.1, -0.05) is 23.4 Å². The predicted molar refractivity (Wildman–Crippen MR) is 82.1 cm³/mol. The largest absolute Gasteiger partial charge is 0.390 e. The average molecular weight is 297 g/mol. The van der Waals surface area contributed by atoms with Crippen molar-refractivity contribution in [3.63, 3.8) is 0 Å². The summed E-state index contributed by atoms with van der Waals surface area (Å²) >= 11 is 0. The summed E-state index contributed by atoms with van der Waals surface area (Å²) in [6, 6.07) is 12.4. The third-order valence-corrected chi connectivity index (χ3v) is 3.47. The zero-order valence-electron chi connectivity index (χ0n) is 12.4. The Morgan fingerprint density at radius 3 is 2.41 bits per heavy atom. The van der Waals surface area contributed by atoms with Crippen molar-refractivity contribution in [3.05, 3.63) is 65.1 Å². The summed E-state index contributed by atoms with van der Waals surface area (Å²) in [6.07, 6.45) is 0. The molecule has 0 radical (unpaired) electrons. The van der Waals surface area contributed by atoms with Gasteiger partial charge in [-0.3, -0.25) is 0 Å². The van der Waals surface area contributed by atoms with Crippen LogP contribution in [-0.2, 0) is 6.61 Å². The normalized spacial score (nSPS) is 10.9. The Bertz CT molecular complexity index is 806. The second-order valence-electron chi connectivity index (χ2n) is 5.28. The van der Waals surface area contributed by atoms with Gasteiger partial charge in [0.1, 0.15) is 17.2 Å². The van der Waals surface area contributed by atoms with Gasteiger partial charge in [-0.2, -0.15) is 0 Å². The van der Waals surface area contributed by atoms with Gasteiger partial charge in [-0.25, -0.2) is 9.07 Å². The number of aromatic nitrogens is 3. The van der Waals surface area contributed by atoms with Gasteiger partial charge in [0.05, 0.1) is 12.3 Å². The molecule has 4 nitrogen and oxygen atoms in total. The molecule has 0 atom stereocenters. The molecule has 3 rings (SSSR count). The fourth-order valence-corrected chi connectivity index (χ4v) is 2.60. The van der Waals surface area contributed by atoms with E-state index in [9.17, 15) is 9.50 Å². The molecular weight excluding hydrogens is 281 g/mol. The fraction of sp³-hybridized carbons (Fsp3) is 0.176. The van der Waals surface area contributed by atoms with Crippen molar-refractivity contribution in [1.82, 2.24) is 15.0 Å². The highest BCUT2D eigenvalue weighted by atomic mass is 19.1. The molecule has 2 aromatic carbocycles. The third-order valence-electron chi connectivity index (χ3n) is 3.47. The van der Waals surface area contributed by atoms with Crippen LogP contribution in [0.4, 0.5) is 4.39 Å². The van der Waals surface area contributed by atoms with Crippen molar-refractivity contribution >= 4 is 0 Å². The van der Waals surface area contributed by atoms with Crippen molar-refractivity contribution in [2.45, 2.75) is 20.5 Å². The minimum absolute atomic E-state index is 0.297. The first kappa shape index (κ1) is 14.4. The molecule has 1 N–H and O–H groups in total. The first-order chi connectivity index (χ1) is 10.6. The lowest BCUT2D eigenvalue weighted by atomic mass is 10.1. The van der Waals surface area contributed by atoms with Crippen molar-refractivity contribution in [3.8, 4) is 16.9 Å². The van der Waals surface area contributed by atoms with Crippen LogP contribution < -0.4 is 0 Å². The molecule has 0 unspecified atom stereocenters. The van der Waals surface area contributed by atoms with Gasteiger partial charge in [0.25, 0.3) is 0 Å². The molecule has 3 aromatic rings. The molecule has 0 fully saturated rings. The number of rotatable bonds is 3. The van der Waals surface area contributed by atoms with Gasteiger partial charge in [0.2, 0.25) is 0 Å². The van der Waals surface area contributed by atoms with Crippen molar-refractivity contribution in [2.75, 3.05) is 0 Å². The maximum atomic E-state index is 14.2. The number of hydrogen-bond acceptors (Lipinski definition) is 3. The van der Waals surface area contributed by atoms with E-state index in [1.165, 1.54) is 6.07 Å². The third kappa shape index (κ3) is 2.51. The number of nitrogens with zero attached hydrogens (tertiary/aromatic N) is 3. The van der Waals surface area contributed by atoms with Crippen LogP contribution in [-0.4, -0.2) is 20.1 Å². The highest BCUT2D eigenvalue weighted by Crippen LogP contribution is 2.28. The Labute approximate surface area is 127 Å². The first-order valence-corrected chi connectivity index (χ1v) is 6.99. The van der Waals surface area contributed by atoms with Crippen LogP contribution >= 0.6 is 0 Å². The van der Waals surface area contributed by atoms with Crippen LogP contribution in [0.15, 0.2) is 42.5 Å². The smallest absolute Gasteiger partial charge is 0.132 e. The van der Waals surface area contributed by atoms with E-state index in [2.05, 4.69) is 16.4 Å².